The van der Waals surface area contributed by atoms with E-state index >= 15 is 0 Å². The molecule has 0 aliphatic rings. The third kappa shape index (κ3) is 2.71. The van der Waals surface area contributed by atoms with Crippen LogP contribution in [0.5, 0.6) is 5.75 Å². The molecule has 4 N–H and O–H groups in total. The van der Waals surface area contributed by atoms with Crippen molar-refractivity contribution in [1.29, 1.82) is 0 Å². The number of hydrogen-bond donors (Lipinski definition) is 2. The smallest absolute Gasteiger partial charge is 0.252 e. The van der Waals surface area contributed by atoms with Crippen molar-refractivity contribution in [2.24, 2.45) is 5.73 Å². The minimum atomic E-state index is -0.586. The molecule has 106 valence electrons. The van der Waals surface area contributed by atoms with Crippen LogP contribution < -0.4 is 16.2 Å². The molecular formula is C13H17N5O2. The molecule has 0 aliphatic carbocycles. The number of rotatable bonds is 5. The van der Waals surface area contributed by atoms with Crippen molar-refractivity contribution in [3.8, 4) is 5.75 Å². The lowest BCUT2D eigenvalue weighted by Gasteiger charge is -2.13. The summed E-state index contributed by atoms with van der Waals surface area (Å²) in [6.07, 6.45) is 1.46. The maximum Gasteiger partial charge on any atom is 0.252 e. The average molecular weight is 275 g/mol. The van der Waals surface area contributed by atoms with Gasteiger partial charge in [-0.25, -0.2) is 9.67 Å². The maximum absolute atomic E-state index is 11.4. The molecule has 1 heterocycles. The molecule has 1 aromatic carbocycles. The Morgan fingerprint density at radius 3 is 2.85 bits per heavy atom. The number of hydrogen-bond acceptors (Lipinski definition) is 5. The fourth-order valence-electron chi connectivity index (χ4n) is 1.86. The number of carbonyl (C=O) groups excluding carboxylic acids is 1. The third-order valence-electron chi connectivity index (χ3n) is 2.79. The summed E-state index contributed by atoms with van der Waals surface area (Å²) in [5.41, 5.74) is 11.7. The van der Waals surface area contributed by atoms with Crippen LogP contribution in [0.1, 0.15) is 36.1 Å². The number of nitrogens with zero attached hydrogens (tertiary/aromatic N) is 3. The average Bonchev–Trinajstić information content (AvgIpc) is 2.85. The second kappa shape index (κ2) is 5.60. The Morgan fingerprint density at radius 1 is 1.45 bits per heavy atom. The van der Waals surface area contributed by atoms with E-state index in [2.05, 4.69) is 10.1 Å². The number of nitrogen functional groups attached to an aromatic ring is 1. The lowest BCUT2D eigenvalue weighted by atomic mass is 10.1. The molecule has 0 atom stereocenters. The van der Waals surface area contributed by atoms with Crippen LogP contribution in [0.25, 0.3) is 0 Å². The van der Waals surface area contributed by atoms with Gasteiger partial charge in [-0.15, -0.1) is 0 Å². The summed E-state index contributed by atoms with van der Waals surface area (Å²) in [6, 6.07) is 5.04. The molecule has 0 unspecified atom stereocenters. The van der Waals surface area contributed by atoms with Gasteiger partial charge in [0.15, 0.2) is 11.6 Å². The summed E-state index contributed by atoms with van der Waals surface area (Å²) >= 11 is 0. The van der Waals surface area contributed by atoms with Gasteiger partial charge >= 0.3 is 0 Å². The van der Waals surface area contributed by atoms with Gasteiger partial charge in [0.25, 0.3) is 5.91 Å². The van der Waals surface area contributed by atoms with Crippen molar-refractivity contribution in [3.63, 3.8) is 0 Å². The van der Waals surface area contributed by atoms with Crippen LogP contribution in [-0.2, 0) is 6.61 Å². The van der Waals surface area contributed by atoms with Crippen molar-refractivity contribution in [2.75, 3.05) is 5.73 Å². The van der Waals surface area contributed by atoms with Crippen LogP contribution in [0, 0.1) is 0 Å². The molecule has 2 rings (SSSR count). The topological polar surface area (TPSA) is 109 Å². The second-order valence-electron chi connectivity index (χ2n) is 4.59. The number of carbonyl (C=O) groups is 1. The van der Waals surface area contributed by atoms with Gasteiger partial charge in [0.05, 0.1) is 11.3 Å². The van der Waals surface area contributed by atoms with Crippen LogP contribution in [0.4, 0.5) is 5.69 Å². The molecule has 1 amide bonds. The summed E-state index contributed by atoms with van der Waals surface area (Å²) < 4.78 is 7.35. The van der Waals surface area contributed by atoms with Crippen molar-refractivity contribution in [1.82, 2.24) is 14.8 Å². The van der Waals surface area contributed by atoms with Crippen molar-refractivity contribution < 1.29 is 9.53 Å². The first kappa shape index (κ1) is 13.9. The zero-order chi connectivity index (χ0) is 14.7. The molecule has 7 nitrogen and oxygen atoms in total. The first-order valence-electron chi connectivity index (χ1n) is 6.20. The molecule has 0 spiro atoms. The third-order valence-corrected chi connectivity index (χ3v) is 2.79. The lowest BCUT2D eigenvalue weighted by molar-refractivity contribution is 0.0995. The molecule has 0 radical (unpaired) electrons. The summed E-state index contributed by atoms with van der Waals surface area (Å²) in [4.78, 5) is 15.5. The number of amides is 1. The van der Waals surface area contributed by atoms with Crippen LogP contribution in [0.2, 0.25) is 0 Å². The normalized spacial score (nSPS) is 10.8. The number of anilines is 1. The van der Waals surface area contributed by atoms with E-state index < -0.39 is 5.91 Å². The van der Waals surface area contributed by atoms with E-state index in [0.29, 0.717) is 11.5 Å². The molecular weight excluding hydrogens is 258 g/mol. The lowest BCUT2D eigenvalue weighted by Crippen LogP contribution is -2.15. The monoisotopic (exact) mass is 275 g/mol. The Hall–Kier alpha value is -2.57. The molecule has 0 saturated heterocycles. The fourth-order valence-corrected chi connectivity index (χ4v) is 1.86. The van der Waals surface area contributed by atoms with E-state index in [4.69, 9.17) is 16.2 Å². The Balaban J connectivity index is 2.23. The van der Waals surface area contributed by atoms with E-state index in [1.54, 1.807) is 22.9 Å². The van der Waals surface area contributed by atoms with Gasteiger partial charge < -0.3 is 16.2 Å². The predicted molar refractivity (Wildman–Crippen MR) is 74.1 cm³/mol. The Morgan fingerprint density at radius 2 is 2.20 bits per heavy atom. The van der Waals surface area contributed by atoms with Gasteiger partial charge in [-0.2, -0.15) is 5.10 Å². The number of benzene rings is 1. The summed E-state index contributed by atoms with van der Waals surface area (Å²) in [6.45, 7) is 4.14. The number of primary amides is 1. The number of aromatic nitrogens is 3. The van der Waals surface area contributed by atoms with Gasteiger partial charge in [-0.05, 0) is 26.0 Å². The summed E-state index contributed by atoms with van der Waals surface area (Å²) in [7, 11) is 0. The Labute approximate surface area is 116 Å². The SMILES string of the molecule is CC(C)n1ncnc1COc1c(N)cccc1C(N)=O. The highest BCUT2D eigenvalue weighted by Crippen LogP contribution is 2.26. The van der Waals surface area contributed by atoms with Gasteiger partial charge in [0, 0.05) is 6.04 Å². The predicted octanol–water partition coefficient (Wildman–Crippen LogP) is 1.12. The van der Waals surface area contributed by atoms with E-state index in [1.807, 2.05) is 13.8 Å². The number of ether oxygens (including phenoxy) is 1. The van der Waals surface area contributed by atoms with Crippen LogP contribution in [0.3, 0.4) is 0 Å². The highest BCUT2D eigenvalue weighted by atomic mass is 16.5. The van der Waals surface area contributed by atoms with Gasteiger partial charge in [0.2, 0.25) is 0 Å². The van der Waals surface area contributed by atoms with Crippen molar-refractivity contribution >= 4 is 11.6 Å². The fraction of sp³-hybridized carbons (Fsp3) is 0.308. The minimum Gasteiger partial charge on any atom is -0.483 e. The Kier molecular flexibility index (Phi) is 3.88. The first-order valence-corrected chi connectivity index (χ1v) is 6.20. The standard InChI is InChI=1S/C13H17N5O2/c1-8(2)18-11(16-7-17-18)6-20-12-9(13(15)19)4-3-5-10(12)14/h3-5,7-8H,6,14H2,1-2H3,(H2,15,19). The molecule has 2 aromatic rings. The van der Waals surface area contributed by atoms with E-state index in [9.17, 15) is 4.79 Å². The van der Waals surface area contributed by atoms with Crippen LogP contribution >= 0.6 is 0 Å². The zero-order valence-electron chi connectivity index (χ0n) is 11.4. The molecule has 0 fully saturated rings. The quantitative estimate of drug-likeness (QED) is 0.795. The van der Waals surface area contributed by atoms with Crippen molar-refractivity contribution in [2.45, 2.75) is 26.5 Å². The molecule has 0 aliphatic heterocycles. The van der Waals surface area contributed by atoms with E-state index in [0.717, 1.165) is 0 Å². The van der Waals surface area contributed by atoms with Gasteiger partial charge in [0.1, 0.15) is 12.9 Å². The largest absolute Gasteiger partial charge is 0.483 e. The summed E-state index contributed by atoms with van der Waals surface area (Å²) in [5, 5.41) is 4.11. The number of para-hydroxylation sites is 1. The maximum atomic E-state index is 11.4. The first-order chi connectivity index (χ1) is 9.50. The number of nitrogens with two attached hydrogens (primary N) is 2. The van der Waals surface area contributed by atoms with E-state index in [1.165, 1.54) is 6.33 Å². The van der Waals surface area contributed by atoms with E-state index in [-0.39, 0.29) is 24.0 Å². The van der Waals surface area contributed by atoms with Gasteiger partial charge in [-0.1, -0.05) is 6.07 Å². The van der Waals surface area contributed by atoms with Crippen molar-refractivity contribution in [3.05, 3.63) is 35.9 Å². The molecule has 0 saturated carbocycles. The molecule has 0 bridgehead atoms. The highest BCUT2D eigenvalue weighted by molar-refractivity contribution is 5.97. The zero-order valence-corrected chi connectivity index (χ0v) is 11.4. The molecule has 20 heavy (non-hydrogen) atoms. The minimum absolute atomic E-state index is 0.159. The molecule has 1 aromatic heterocycles. The Bertz CT molecular complexity index is 621. The van der Waals surface area contributed by atoms with Gasteiger partial charge in [-0.3, -0.25) is 4.79 Å². The summed E-state index contributed by atoms with van der Waals surface area (Å²) in [5.74, 6) is 0.342. The second-order valence-corrected chi connectivity index (χ2v) is 4.59. The van der Waals surface area contributed by atoms with Crippen LogP contribution in [0.15, 0.2) is 24.5 Å². The highest BCUT2D eigenvalue weighted by Gasteiger charge is 2.14. The van der Waals surface area contributed by atoms with Crippen LogP contribution in [-0.4, -0.2) is 20.7 Å². The molecule has 7 heteroatoms.